The van der Waals surface area contributed by atoms with Crippen LogP contribution in [0.5, 0.6) is 0 Å². The summed E-state index contributed by atoms with van der Waals surface area (Å²) in [5.41, 5.74) is 0. The molecule has 1 aliphatic carbocycles. The number of hydrogen-bond acceptors (Lipinski definition) is 4. The summed E-state index contributed by atoms with van der Waals surface area (Å²) in [6.07, 6.45) is 6.51. The van der Waals surface area contributed by atoms with E-state index in [2.05, 4.69) is 5.32 Å². The fourth-order valence-electron chi connectivity index (χ4n) is 4.16. The highest BCUT2D eigenvalue weighted by molar-refractivity contribution is 7.91. The number of hydrogen-bond donors (Lipinski definition) is 1. The van der Waals surface area contributed by atoms with Crippen LogP contribution >= 0.6 is 0 Å². The van der Waals surface area contributed by atoms with Crippen molar-refractivity contribution in [1.29, 1.82) is 0 Å². The Morgan fingerprint density at radius 3 is 2.52 bits per heavy atom. The van der Waals surface area contributed by atoms with Crippen molar-refractivity contribution in [3.63, 3.8) is 0 Å². The van der Waals surface area contributed by atoms with Gasteiger partial charge in [0.25, 0.3) is 0 Å². The molecule has 2 saturated heterocycles. The van der Waals surface area contributed by atoms with Crippen LogP contribution in [0.3, 0.4) is 0 Å². The van der Waals surface area contributed by atoms with Crippen LogP contribution in [0.25, 0.3) is 0 Å². The molecule has 1 N–H and O–H groups in total. The average Bonchev–Trinajstić information content (AvgIpc) is 3.12. The molecule has 0 radical (unpaired) electrons. The maximum Gasteiger partial charge on any atom is 0.241 e. The van der Waals surface area contributed by atoms with Crippen LogP contribution in [-0.2, 0) is 14.6 Å². The SMILES string of the molecule is CCC1NC(C2CCCC2)N(CC2CCS(=O)(=O)C2)C1=O. The molecule has 0 aromatic heterocycles. The maximum atomic E-state index is 12.6. The maximum absolute atomic E-state index is 12.6. The van der Waals surface area contributed by atoms with E-state index in [1.165, 1.54) is 25.7 Å². The van der Waals surface area contributed by atoms with Crippen molar-refractivity contribution in [3.05, 3.63) is 0 Å². The van der Waals surface area contributed by atoms with Crippen LogP contribution < -0.4 is 5.32 Å². The number of nitrogens with one attached hydrogen (secondary N) is 1. The smallest absolute Gasteiger partial charge is 0.241 e. The lowest BCUT2D eigenvalue weighted by atomic mass is 10.0. The zero-order valence-corrected chi connectivity index (χ0v) is 13.6. The largest absolute Gasteiger partial charge is 0.325 e. The third-order valence-corrected chi connectivity index (χ3v) is 7.16. The van der Waals surface area contributed by atoms with Gasteiger partial charge in [-0.2, -0.15) is 0 Å². The van der Waals surface area contributed by atoms with Crippen molar-refractivity contribution >= 4 is 15.7 Å². The molecule has 3 fully saturated rings. The van der Waals surface area contributed by atoms with Crippen molar-refractivity contribution in [2.24, 2.45) is 11.8 Å². The Kier molecular flexibility index (Phi) is 4.28. The van der Waals surface area contributed by atoms with Gasteiger partial charge >= 0.3 is 0 Å². The Bertz CT molecular complexity index is 499. The molecule has 3 rings (SSSR count). The van der Waals surface area contributed by atoms with E-state index in [4.69, 9.17) is 0 Å². The zero-order chi connectivity index (χ0) is 15.0. The fourth-order valence-corrected chi connectivity index (χ4v) is 6.01. The molecule has 21 heavy (non-hydrogen) atoms. The molecular weight excluding hydrogens is 288 g/mol. The standard InChI is InChI=1S/C15H26N2O3S/c1-2-13-15(18)17(9-11-7-8-21(19,20)10-11)14(16-13)12-5-3-4-6-12/h11-14,16H,2-10H2,1H3. The Hall–Kier alpha value is -0.620. The van der Waals surface area contributed by atoms with Crippen molar-refractivity contribution in [2.75, 3.05) is 18.1 Å². The monoisotopic (exact) mass is 314 g/mol. The van der Waals surface area contributed by atoms with Crippen LogP contribution in [-0.4, -0.2) is 49.5 Å². The van der Waals surface area contributed by atoms with E-state index in [-0.39, 0.29) is 29.8 Å². The van der Waals surface area contributed by atoms with Crippen LogP contribution in [0.1, 0.15) is 45.4 Å². The highest BCUT2D eigenvalue weighted by Gasteiger charge is 2.44. The molecule has 0 aromatic rings. The number of rotatable bonds is 4. The third-order valence-electron chi connectivity index (χ3n) is 5.33. The molecule has 1 saturated carbocycles. The molecule has 2 aliphatic heterocycles. The number of nitrogens with zero attached hydrogens (tertiary/aromatic N) is 1. The molecule has 6 heteroatoms. The molecule has 1 amide bonds. The van der Waals surface area contributed by atoms with Crippen molar-refractivity contribution in [1.82, 2.24) is 10.2 Å². The molecular formula is C15H26N2O3S. The van der Waals surface area contributed by atoms with E-state index in [1.54, 1.807) is 0 Å². The molecule has 120 valence electrons. The minimum Gasteiger partial charge on any atom is -0.325 e. The first-order valence-electron chi connectivity index (χ1n) is 8.27. The van der Waals surface area contributed by atoms with Gasteiger partial charge < -0.3 is 4.90 Å². The Labute approximate surface area is 127 Å². The molecule has 3 unspecified atom stereocenters. The van der Waals surface area contributed by atoms with Crippen molar-refractivity contribution in [2.45, 2.75) is 57.7 Å². The van der Waals surface area contributed by atoms with Gasteiger partial charge in [0.15, 0.2) is 9.84 Å². The summed E-state index contributed by atoms with van der Waals surface area (Å²) >= 11 is 0. The minimum atomic E-state index is -2.87. The van der Waals surface area contributed by atoms with E-state index in [0.29, 0.717) is 24.6 Å². The van der Waals surface area contributed by atoms with Crippen molar-refractivity contribution in [3.8, 4) is 0 Å². The number of carbonyl (C=O) groups excluding carboxylic acids is 1. The Morgan fingerprint density at radius 1 is 1.24 bits per heavy atom. The van der Waals surface area contributed by atoms with Gasteiger partial charge in [0, 0.05) is 6.54 Å². The third kappa shape index (κ3) is 3.11. The lowest BCUT2D eigenvalue weighted by Crippen LogP contribution is -2.44. The van der Waals surface area contributed by atoms with Gasteiger partial charge in [-0.1, -0.05) is 19.8 Å². The molecule has 3 atom stereocenters. The van der Waals surface area contributed by atoms with Gasteiger partial charge in [0.2, 0.25) is 5.91 Å². The van der Waals surface area contributed by atoms with Crippen LogP contribution in [0.15, 0.2) is 0 Å². The topological polar surface area (TPSA) is 66.5 Å². The second-order valence-electron chi connectivity index (χ2n) is 6.88. The first-order valence-corrected chi connectivity index (χ1v) is 10.1. The first-order chi connectivity index (χ1) is 10.00. The van der Waals surface area contributed by atoms with Gasteiger partial charge in [-0.15, -0.1) is 0 Å². The molecule has 5 nitrogen and oxygen atoms in total. The van der Waals surface area contributed by atoms with Crippen LogP contribution in [0.4, 0.5) is 0 Å². The summed E-state index contributed by atoms with van der Waals surface area (Å²) < 4.78 is 23.3. The summed E-state index contributed by atoms with van der Waals surface area (Å²) in [6.45, 7) is 2.65. The van der Waals surface area contributed by atoms with Gasteiger partial charge in [0.05, 0.1) is 23.7 Å². The molecule has 0 bridgehead atoms. The second kappa shape index (κ2) is 5.88. The fraction of sp³-hybridized carbons (Fsp3) is 0.933. The lowest BCUT2D eigenvalue weighted by molar-refractivity contribution is -0.131. The van der Waals surface area contributed by atoms with Crippen molar-refractivity contribution < 1.29 is 13.2 Å². The summed E-state index contributed by atoms with van der Waals surface area (Å²) in [5.74, 6) is 1.39. The van der Waals surface area contributed by atoms with Gasteiger partial charge in [-0.3, -0.25) is 10.1 Å². The Balaban J connectivity index is 1.71. The van der Waals surface area contributed by atoms with Gasteiger partial charge in [0.1, 0.15) is 0 Å². The molecule has 3 aliphatic rings. The van der Waals surface area contributed by atoms with Gasteiger partial charge in [-0.05, 0) is 37.5 Å². The zero-order valence-electron chi connectivity index (χ0n) is 12.8. The van der Waals surface area contributed by atoms with Gasteiger partial charge in [-0.25, -0.2) is 8.42 Å². The highest BCUT2D eigenvalue weighted by atomic mass is 32.2. The van der Waals surface area contributed by atoms with E-state index in [9.17, 15) is 13.2 Å². The van der Waals surface area contributed by atoms with E-state index < -0.39 is 9.84 Å². The number of amides is 1. The minimum absolute atomic E-state index is 0.0754. The predicted molar refractivity (Wildman–Crippen MR) is 81.4 cm³/mol. The second-order valence-corrected chi connectivity index (χ2v) is 9.11. The summed E-state index contributed by atoms with van der Waals surface area (Å²) in [6, 6.07) is -0.0754. The van der Waals surface area contributed by atoms with Crippen LogP contribution in [0, 0.1) is 11.8 Å². The quantitative estimate of drug-likeness (QED) is 0.845. The molecule has 0 aromatic carbocycles. The van der Waals surface area contributed by atoms with Crippen LogP contribution in [0.2, 0.25) is 0 Å². The number of sulfone groups is 1. The molecule has 0 spiro atoms. The van der Waals surface area contributed by atoms with E-state index >= 15 is 0 Å². The summed E-state index contributed by atoms with van der Waals surface area (Å²) in [5, 5.41) is 3.50. The number of carbonyl (C=O) groups is 1. The average molecular weight is 314 g/mol. The highest BCUT2D eigenvalue weighted by Crippen LogP contribution is 2.33. The van der Waals surface area contributed by atoms with E-state index in [1.807, 2.05) is 11.8 Å². The predicted octanol–water partition coefficient (Wildman–Crippen LogP) is 1.15. The van der Waals surface area contributed by atoms with E-state index in [0.717, 1.165) is 6.42 Å². The molecule has 2 heterocycles. The normalized spacial score (nSPS) is 36.7. The Morgan fingerprint density at radius 2 is 1.95 bits per heavy atom. The first kappa shape index (κ1) is 15.3. The lowest BCUT2D eigenvalue weighted by Gasteiger charge is -2.30. The summed E-state index contributed by atoms with van der Waals surface area (Å²) in [7, 11) is -2.87. The summed E-state index contributed by atoms with van der Waals surface area (Å²) in [4.78, 5) is 14.5.